The van der Waals surface area contributed by atoms with Crippen molar-refractivity contribution in [2.75, 3.05) is 13.4 Å². The van der Waals surface area contributed by atoms with E-state index in [1.54, 1.807) is 12.1 Å². The molecule has 0 spiro atoms. The molecule has 0 aromatic heterocycles. The molecule has 5 nitrogen and oxygen atoms in total. The molecule has 5 heteroatoms. The van der Waals surface area contributed by atoms with Crippen LogP contribution in [0.1, 0.15) is 18.9 Å². The van der Waals surface area contributed by atoms with Crippen LogP contribution >= 0.6 is 0 Å². The van der Waals surface area contributed by atoms with Gasteiger partial charge in [0.15, 0.2) is 23.0 Å². The lowest BCUT2D eigenvalue weighted by Crippen LogP contribution is -2.10. The van der Waals surface area contributed by atoms with Gasteiger partial charge >= 0.3 is 5.97 Å². The minimum absolute atomic E-state index is 0.245. The number of rotatable bonds is 6. The van der Waals surface area contributed by atoms with Gasteiger partial charge in [0.2, 0.25) is 6.79 Å². The highest BCUT2D eigenvalue weighted by Gasteiger charge is 2.14. The van der Waals surface area contributed by atoms with E-state index in [-0.39, 0.29) is 19.2 Å². The van der Waals surface area contributed by atoms with E-state index in [4.69, 9.17) is 18.9 Å². The summed E-state index contributed by atoms with van der Waals surface area (Å²) in [6, 6.07) is 12.8. The van der Waals surface area contributed by atoms with E-state index < -0.39 is 0 Å². The smallest absolute Gasteiger partial charge is 0.311 e. The van der Waals surface area contributed by atoms with Gasteiger partial charge in [0.05, 0.1) is 6.61 Å². The Hall–Kier alpha value is -2.69. The predicted molar refractivity (Wildman–Crippen MR) is 84.1 cm³/mol. The van der Waals surface area contributed by atoms with Crippen LogP contribution in [0.25, 0.3) is 0 Å². The van der Waals surface area contributed by atoms with Crippen molar-refractivity contribution < 1.29 is 23.7 Å². The third-order valence-corrected chi connectivity index (χ3v) is 3.43. The van der Waals surface area contributed by atoms with Crippen molar-refractivity contribution in [3.8, 4) is 23.0 Å². The number of ether oxygens (including phenoxy) is 4. The largest absolute Gasteiger partial charge is 0.490 e. The highest BCUT2D eigenvalue weighted by molar-refractivity contribution is 5.73. The van der Waals surface area contributed by atoms with Crippen LogP contribution in [-0.4, -0.2) is 19.4 Å². The Morgan fingerprint density at radius 1 is 1.09 bits per heavy atom. The second kappa shape index (κ2) is 7.05. The third kappa shape index (κ3) is 3.74. The van der Waals surface area contributed by atoms with Crippen molar-refractivity contribution in [3.05, 3.63) is 48.0 Å². The van der Waals surface area contributed by atoms with Crippen molar-refractivity contribution >= 4 is 5.97 Å². The molecule has 1 heterocycles. The van der Waals surface area contributed by atoms with Gasteiger partial charge < -0.3 is 18.9 Å². The van der Waals surface area contributed by atoms with Gasteiger partial charge in [-0.1, -0.05) is 18.2 Å². The highest BCUT2D eigenvalue weighted by atomic mass is 16.7. The van der Waals surface area contributed by atoms with Crippen LogP contribution in [-0.2, 0) is 11.2 Å². The molecule has 2 aromatic carbocycles. The second-order valence-corrected chi connectivity index (χ2v) is 5.04. The topological polar surface area (TPSA) is 54.0 Å². The molecule has 0 atom stereocenters. The zero-order chi connectivity index (χ0) is 16.1. The maximum atomic E-state index is 12.0. The van der Waals surface area contributed by atoms with Gasteiger partial charge in [0, 0.05) is 6.42 Å². The van der Waals surface area contributed by atoms with Crippen LogP contribution in [0.4, 0.5) is 0 Å². The average Bonchev–Trinajstić information content (AvgIpc) is 3.03. The summed E-state index contributed by atoms with van der Waals surface area (Å²) in [4.78, 5) is 12.0. The monoisotopic (exact) mass is 314 g/mol. The Kier molecular flexibility index (Phi) is 4.66. The molecule has 0 saturated heterocycles. The molecular weight excluding hydrogens is 296 g/mol. The first-order chi connectivity index (χ1) is 11.3. The van der Waals surface area contributed by atoms with Crippen molar-refractivity contribution in [2.45, 2.75) is 19.8 Å². The third-order valence-electron chi connectivity index (χ3n) is 3.43. The molecule has 0 saturated carbocycles. The molecule has 0 unspecified atom stereocenters. The second-order valence-electron chi connectivity index (χ2n) is 5.04. The minimum Gasteiger partial charge on any atom is -0.490 e. The van der Waals surface area contributed by atoms with Crippen LogP contribution in [0.15, 0.2) is 42.5 Å². The maximum Gasteiger partial charge on any atom is 0.311 e. The summed E-state index contributed by atoms with van der Waals surface area (Å²) in [5.74, 6) is 2.19. The van der Waals surface area contributed by atoms with E-state index in [2.05, 4.69) is 0 Å². The first-order valence-electron chi connectivity index (χ1n) is 7.57. The SMILES string of the molecule is CCOc1ccccc1OC(=O)CCc1ccc2c(c1)OCO2. The number of carbonyl (C=O) groups is 1. The molecule has 0 fully saturated rings. The Morgan fingerprint density at radius 2 is 1.87 bits per heavy atom. The van der Waals surface area contributed by atoms with Crippen LogP contribution in [0, 0.1) is 0 Å². The number of benzene rings is 2. The fourth-order valence-corrected chi connectivity index (χ4v) is 2.33. The molecule has 1 aliphatic rings. The molecule has 0 bridgehead atoms. The number of hydrogen-bond donors (Lipinski definition) is 0. The van der Waals surface area contributed by atoms with Crippen molar-refractivity contribution in [1.29, 1.82) is 0 Å². The normalized spacial score (nSPS) is 12.0. The fraction of sp³-hybridized carbons (Fsp3) is 0.278. The van der Waals surface area contributed by atoms with Gasteiger partial charge in [-0.05, 0) is 43.2 Å². The van der Waals surface area contributed by atoms with Crippen molar-refractivity contribution in [1.82, 2.24) is 0 Å². The lowest BCUT2D eigenvalue weighted by atomic mass is 10.1. The number of carbonyl (C=O) groups excluding carboxylic acids is 1. The quantitative estimate of drug-likeness (QED) is 0.604. The number of para-hydroxylation sites is 2. The van der Waals surface area contributed by atoms with Gasteiger partial charge in [0.1, 0.15) is 0 Å². The lowest BCUT2D eigenvalue weighted by Gasteiger charge is -2.10. The highest BCUT2D eigenvalue weighted by Crippen LogP contribution is 2.33. The van der Waals surface area contributed by atoms with E-state index in [9.17, 15) is 4.79 Å². The Labute approximate surface area is 134 Å². The summed E-state index contributed by atoms with van der Waals surface area (Å²) in [5, 5.41) is 0. The molecule has 3 rings (SSSR count). The predicted octanol–water partition coefficient (Wildman–Crippen LogP) is 3.35. The maximum absolute atomic E-state index is 12.0. The molecule has 2 aromatic rings. The molecule has 23 heavy (non-hydrogen) atoms. The van der Waals surface area contributed by atoms with Crippen LogP contribution < -0.4 is 18.9 Å². The van der Waals surface area contributed by atoms with Crippen LogP contribution in [0.3, 0.4) is 0 Å². The molecular formula is C18H18O5. The number of fused-ring (bicyclic) bond motifs is 1. The molecule has 0 radical (unpaired) electrons. The fourth-order valence-electron chi connectivity index (χ4n) is 2.33. The van der Waals surface area contributed by atoms with Gasteiger partial charge in [-0.25, -0.2) is 0 Å². The van der Waals surface area contributed by atoms with E-state index in [0.29, 0.717) is 24.5 Å². The lowest BCUT2D eigenvalue weighted by molar-refractivity contribution is -0.134. The summed E-state index contributed by atoms with van der Waals surface area (Å²) < 4.78 is 21.4. The average molecular weight is 314 g/mol. The van der Waals surface area contributed by atoms with E-state index >= 15 is 0 Å². The molecule has 0 amide bonds. The van der Waals surface area contributed by atoms with Crippen molar-refractivity contribution in [3.63, 3.8) is 0 Å². The van der Waals surface area contributed by atoms with Crippen LogP contribution in [0.5, 0.6) is 23.0 Å². The van der Waals surface area contributed by atoms with E-state index in [1.807, 2.05) is 37.3 Å². The zero-order valence-electron chi connectivity index (χ0n) is 12.9. The van der Waals surface area contributed by atoms with Gasteiger partial charge in [-0.2, -0.15) is 0 Å². The molecule has 120 valence electrons. The molecule has 1 aliphatic heterocycles. The minimum atomic E-state index is -0.296. The Bertz CT molecular complexity index is 696. The van der Waals surface area contributed by atoms with Crippen LogP contribution in [0.2, 0.25) is 0 Å². The van der Waals surface area contributed by atoms with Gasteiger partial charge in [-0.3, -0.25) is 4.79 Å². The first-order valence-corrected chi connectivity index (χ1v) is 7.57. The number of esters is 1. The van der Waals surface area contributed by atoms with E-state index in [1.165, 1.54) is 0 Å². The summed E-state index contributed by atoms with van der Waals surface area (Å²) in [6.07, 6.45) is 0.854. The Balaban J connectivity index is 1.58. The van der Waals surface area contributed by atoms with Gasteiger partial charge in [-0.15, -0.1) is 0 Å². The number of aryl methyl sites for hydroxylation is 1. The summed E-state index contributed by atoms with van der Waals surface area (Å²) in [6.45, 7) is 2.65. The number of hydrogen-bond acceptors (Lipinski definition) is 5. The first kappa shape index (κ1) is 15.2. The van der Waals surface area contributed by atoms with Crippen molar-refractivity contribution in [2.24, 2.45) is 0 Å². The molecule has 0 aliphatic carbocycles. The molecule has 0 N–H and O–H groups in total. The summed E-state index contributed by atoms with van der Waals surface area (Å²) in [5.41, 5.74) is 1.00. The van der Waals surface area contributed by atoms with Gasteiger partial charge in [0.25, 0.3) is 0 Å². The standard InChI is InChI=1S/C18H18O5/c1-2-20-14-5-3-4-6-16(14)23-18(19)10-8-13-7-9-15-17(11-13)22-12-21-15/h3-7,9,11H,2,8,10,12H2,1H3. The summed E-state index contributed by atoms with van der Waals surface area (Å²) in [7, 11) is 0. The Morgan fingerprint density at radius 3 is 2.70 bits per heavy atom. The van der Waals surface area contributed by atoms with E-state index in [0.717, 1.165) is 17.1 Å². The summed E-state index contributed by atoms with van der Waals surface area (Å²) >= 11 is 0. The zero-order valence-corrected chi connectivity index (χ0v) is 12.9.